The third-order valence-electron chi connectivity index (χ3n) is 5.67. The third-order valence-corrected chi connectivity index (χ3v) is 5.67. The number of Topliss-reactive ketones (excluding diaryl/α,β-unsaturated/α-hetero) is 2. The average Bonchev–Trinajstić information content (AvgIpc) is 2.74. The normalized spacial score (nSPS) is 14.2. The van der Waals surface area contributed by atoms with Crippen LogP contribution < -0.4 is 0 Å². The lowest BCUT2D eigenvalue weighted by atomic mass is 9.98. The molecule has 7 nitrogen and oxygen atoms in total. The molecule has 0 aliphatic carbocycles. The minimum absolute atomic E-state index is 0.0608. The van der Waals surface area contributed by atoms with Gasteiger partial charge in [-0.15, -0.1) is 0 Å². The average molecular weight is 445 g/mol. The van der Waals surface area contributed by atoms with E-state index in [0.29, 0.717) is 6.42 Å². The van der Waals surface area contributed by atoms with Crippen molar-refractivity contribution in [2.24, 2.45) is 0 Å². The van der Waals surface area contributed by atoms with Gasteiger partial charge in [0.1, 0.15) is 12.2 Å². The standard InChI is InChI=1S/C24H44O7/c1-2-3-4-5-6-7-8-9-10-11-12-13-14-15-16-17-19(25)22(28)23(29)20(26)18-21(27)24(30)31/h21-23,27-29H,2-18H2,1H3,(H,30,31). The molecule has 0 aliphatic rings. The molecule has 0 fully saturated rings. The van der Waals surface area contributed by atoms with Gasteiger partial charge in [-0.25, -0.2) is 4.79 Å². The second-order valence-corrected chi connectivity index (χ2v) is 8.58. The van der Waals surface area contributed by atoms with Crippen LogP contribution in [0.2, 0.25) is 0 Å². The van der Waals surface area contributed by atoms with Gasteiger partial charge in [-0.05, 0) is 6.42 Å². The van der Waals surface area contributed by atoms with Gasteiger partial charge >= 0.3 is 5.97 Å². The number of aliphatic carboxylic acids is 1. The lowest BCUT2D eigenvalue weighted by molar-refractivity contribution is -0.152. The van der Waals surface area contributed by atoms with Crippen LogP contribution in [0.5, 0.6) is 0 Å². The van der Waals surface area contributed by atoms with Crippen molar-refractivity contribution < 1.29 is 34.8 Å². The van der Waals surface area contributed by atoms with Gasteiger partial charge in [0.2, 0.25) is 0 Å². The second-order valence-electron chi connectivity index (χ2n) is 8.58. The van der Waals surface area contributed by atoms with E-state index >= 15 is 0 Å². The molecule has 0 aromatic carbocycles. The molecule has 0 heterocycles. The Bertz CT molecular complexity index is 492. The highest BCUT2D eigenvalue weighted by atomic mass is 16.4. The summed E-state index contributed by atoms with van der Waals surface area (Å²) in [5.41, 5.74) is 0. The number of carboxylic acid groups (broad SMARTS) is 1. The van der Waals surface area contributed by atoms with E-state index in [2.05, 4.69) is 6.92 Å². The Kier molecular flexibility index (Phi) is 18.6. The molecule has 0 bridgehead atoms. The fraction of sp³-hybridized carbons (Fsp3) is 0.875. The Balaban J connectivity index is 3.62. The predicted octanol–water partition coefficient (Wildman–Crippen LogP) is 3.94. The van der Waals surface area contributed by atoms with Crippen LogP contribution in [0, 0.1) is 0 Å². The van der Waals surface area contributed by atoms with E-state index in [-0.39, 0.29) is 6.42 Å². The fourth-order valence-electron chi connectivity index (χ4n) is 3.57. The van der Waals surface area contributed by atoms with Gasteiger partial charge in [-0.1, -0.05) is 96.8 Å². The van der Waals surface area contributed by atoms with Gasteiger partial charge in [0.15, 0.2) is 17.7 Å². The molecule has 0 spiro atoms. The summed E-state index contributed by atoms with van der Waals surface area (Å²) in [4.78, 5) is 34.0. The summed E-state index contributed by atoms with van der Waals surface area (Å²) in [5.74, 6) is -3.30. The molecule has 7 heteroatoms. The maximum atomic E-state index is 11.9. The zero-order chi connectivity index (χ0) is 23.5. The summed E-state index contributed by atoms with van der Waals surface area (Å²) >= 11 is 0. The zero-order valence-electron chi connectivity index (χ0n) is 19.3. The summed E-state index contributed by atoms with van der Waals surface area (Å²) in [7, 11) is 0. The van der Waals surface area contributed by atoms with Crippen LogP contribution in [0.15, 0.2) is 0 Å². The number of unbranched alkanes of at least 4 members (excludes halogenated alkanes) is 14. The highest BCUT2D eigenvalue weighted by Gasteiger charge is 2.31. The molecule has 0 saturated heterocycles. The molecule has 0 aromatic rings. The van der Waals surface area contributed by atoms with Crippen molar-refractivity contribution in [2.45, 2.75) is 134 Å². The minimum Gasteiger partial charge on any atom is -0.479 e. The van der Waals surface area contributed by atoms with Crippen LogP contribution in [0.3, 0.4) is 0 Å². The molecule has 3 unspecified atom stereocenters. The van der Waals surface area contributed by atoms with E-state index in [4.69, 9.17) is 10.2 Å². The van der Waals surface area contributed by atoms with Crippen LogP contribution in [0.25, 0.3) is 0 Å². The Morgan fingerprint density at radius 3 is 1.32 bits per heavy atom. The molecular weight excluding hydrogens is 400 g/mol. The summed E-state index contributed by atoms with van der Waals surface area (Å²) < 4.78 is 0. The monoisotopic (exact) mass is 444 g/mol. The van der Waals surface area contributed by atoms with E-state index in [1.807, 2.05) is 0 Å². The molecule has 0 amide bonds. The molecule has 182 valence electrons. The Morgan fingerprint density at radius 2 is 0.935 bits per heavy atom. The van der Waals surface area contributed by atoms with Gasteiger partial charge < -0.3 is 20.4 Å². The summed E-state index contributed by atoms with van der Waals surface area (Å²) in [6.45, 7) is 2.24. The maximum absolute atomic E-state index is 11.9. The summed E-state index contributed by atoms with van der Waals surface area (Å²) in [5, 5.41) is 37.1. The maximum Gasteiger partial charge on any atom is 0.332 e. The van der Waals surface area contributed by atoms with Crippen LogP contribution in [0.1, 0.15) is 116 Å². The molecule has 31 heavy (non-hydrogen) atoms. The smallest absolute Gasteiger partial charge is 0.332 e. The van der Waals surface area contributed by atoms with Gasteiger partial charge in [-0.2, -0.15) is 0 Å². The van der Waals surface area contributed by atoms with E-state index in [0.717, 1.165) is 19.3 Å². The van der Waals surface area contributed by atoms with Gasteiger partial charge in [0.25, 0.3) is 0 Å². The van der Waals surface area contributed by atoms with E-state index in [9.17, 15) is 24.6 Å². The van der Waals surface area contributed by atoms with Gasteiger partial charge in [0.05, 0.1) is 0 Å². The van der Waals surface area contributed by atoms with Crippen molar-refractivity contribution in [2.75, 3.05) is 0 Å². The first-order chi connectivity index (χ1) is 14.8. The number of ketones is 2. The van der Waals surface area contributed by atoms with Crippen LogP contribution in [0.4, 0.5) is 0 Å². The van der Waals surface area contributed by atoms with E-state index < -0.39 is 42.3 Å². The molecule has 0 aliphatic heterocycles. The molecule has 0 saturated carbocycles. The highest BCUT2D eigenvalue weighted by molar-refractivity contribution is 5.94. The van der Waals surface area contributed by atoms with E-state index in [1.54, 1.807) is 0 Å². The highest BCUT2D eigenvalue weighted by Crippen LogP contribution is 2.14. The van der Waals surface area contributed by atoms with Gasteiger partial charge in [0, 0.05) is 12.8 Å². The fourth-order valence-corrected chi connectivity index (χ4v) is 3.57. The first-order valence-corrected chi connectivity index (χ1v) is 12.1. The Morgan fingerprint density at radius 1 is 0.581 bits per heavy atom. The second kappa shape index (κ2) is 19.4. The van der Waals surface area contributed by atoms with Crippen molar-refractivity contribution in [3.05, 3.63) is 0 Å². The summed E-state index contributed by atoms with van der Waals surface area (Å²) in [6.07, 6.45) is 11.4. The molecule has 0 rings (SSSR count). The lowest BCUT2D eigenvalue weighted by Crippen LogP contribution is -2.41. The number of hydrogen-bond acceptors (Lipinski definition) is 6. The van der Waals surface area contributed by atoms with Gasteiger partial charge in [-0.3, -0.25) is 9.59 Å². The number of carboxylic acids is 1. The first kappa shape index (κ1) is 29.7. The SMILES string of the molecule is CCCCCCCCCCCCCCCCCC(=O)C(O)C(O)C(=O)CC(O)C(=O)O. The molecule has 0 radical (unpaired) electrons. The molecule has 4 N–H and O–H groups in total. The van der Waals surface area contributed by atoms with Crippen molar-refractivity contribution >= 4 is 17.5 Å². The van der Waals surface area contributed by atoms with Crippen molar-refractivity contribution in [3.8, 4) is 0 Å². The lowest BCUT2D eigenvalue weighted by Gasteiger charge is -2.16. The van der Waals surface area contributed by atoms with Crippen LogP contribution >= 0.6 is 0 Å². The summed E-state index contributed by atoms with van der Waals surface area (Å²) in [6, 6.07) is 0. The Labute approximate surface area is 187 Å². The number of carbonyl (C=O) groups is 3. The molecular formula is C24H44O7. The van der Waals surface area contributed by atoms with E-state index in [1.165, 1.54) is 70.6 Å². The quantitative estimate of drug-likeness (QED) is 0.186. The zero-order valence-corrected chi connectivity index (χ0v) is 19.3. The Hall–Kier alpha value is -1.31. The number of carbonyl (C=O) groups excluding carboxylic acids is 2. The largest absolute Gasteiger partial charge is 0.479 e. The number of aliphatic hydroxyl groups excluding tert-OH is 3. The van der Waals surface area contributed by atoms with Crippen molar-refractivity contribution in [1.29, 1.82) is 0 Å². The number of hydrogen-bond donors (Lipinski definition) is 4. The first-order valence-electron chi connectivity index (χ1n) is 12.1. The van der Waals surface area contributed by atoms with Crippen molar-refractivity contribution in [3.63, 3.8) is 0 Å². The van der Waals surface area contributed by atoms with Crippen molar-refractivity contribution in [1.82, 2.24) is 0 Å². The minimum atomic E-state index is -2.00. The topological polar surface area (TPSA) is 132 Å². The predicted molar refractivity (Wildman–Crippen MR) is 120 cm³/mol. The molecule has 0 aromatic heterocycles. The number of aliphatic hydroxyl groups is 3. The number of rotatable bonds is 22. The molecule has 3 atom stereocenters. The van der Waals surface area contributed by atoms with Crippen LogP contribution in [-0.4, -0.2) is 56.3 Å². The van der Waals surface area contributed by atoms with Crippen LogP contribution in [-0.2, 0) is 14.4 Å². The third kappa shape index (κ3) is 16.0.